The van der Waals surface area contributed by atoms with Crippen LogP contribution < -0.4 is 11.1 Å². The highest BCUT2D eigenvalue weighted by atomic mass is 16.1. The molecule has 0 spiro atoms. The van der Waals surface area contributed by atoms with Crippen LogP contribution in [0.15, 0.2) is 64.6 Å². The van der Waals surface area contributed by atoms with Gasteiger partial charge < -0.3 is 11.1 Å². The molecule has 1 aliphatic heterocycles. The summed E-state index contributed by atoms with van der Waals surface area (Å²) in [6.07, 6.45) is 0. The lowest BCUT2D eigenvalue weighted by atomic mass is 10.0. The van der Waals surface area contributed by atoms with E-state index in [-0.39, 0.29) is 5.78 Å². The minimum atomic E-state index is -0.0179. The van der Waals surface area contributed by atoms with Crippen LogP contribution in [0.4, 0.5) is 5.69 Å². The largest absolute Gasteiger partial charge is 0.385 e. The number of nitrogens with zero attached hydrogens (tertiary/aromatic N) is 2. The van der Waals surface area contributed by atoms with Crippen molar-refractivity contribution in [2.45, 2.75) is 0 Å². The Kier molecular flexibility index (Phi) is 3.47. The molecule has 0 radical (unpaired) electrons. The number of amidine groups is 1. The van der Waals surface area contributed by atoms with Crippen molar-refractivity contribution in [3.63, 3.8) is 0 Å². The summed E-state index contributed by atoms with van der Waals surface area (Å²) in [6, 6.07) is 16.4. The number of hydrogen-bond donors (Lipinski definition) is 2. The molecule has 2 aromatic rings. The molecule has 5 nitrogen and oxygen atoms in total. The van der Waals surface area contributed by atoms with E-state index in [1.807, 2.05) is 30.3 Å². The van der Waals surface area contributed by atoms with Crippen LogP contribution >= 0.6 is 0 Å². The summed E-state index contributed by atoms with van der Waals surface area (Å²) in [5, 5.41) is 3.05. The second kappa shape index (κ2) is 5.58. The van der Waals surface area contributed by atoms with E-state index in [1.165, 1.54) is 0 Å². The smallest absolute Gasteiger partial charge is 0.224 e. The van der Waals surface area contributed by atoms with E-state index < -0.39 is 0 Å². The Balaban J connectivity index is 1.82. The number of guanidine groups is 1. The normalized spacial score (nSPS) is 13.5. The second-order valence-electron chi connectivity index (χ2n) is 4.64. The maximum absolute atomic E-state index is 12.4. The predicted octanol–water partition coefficient (Wildman–Crippen LogP) is 2.06. The lowest BCUT2D eigenvalue weighted by molar-refractivity contribution is 0.103. The third-order valence-electron chi connectivity index (χ3n) is 3.06. The van der Waals surface area contributed by atoms with E-state index in [0.717, 1.165) is 5.69 Å². The maximum atomic E-state index is 12.4. The molecule has 0 saturated heterocycles. The maximum Gasteiger partial charge on any atom is 0.224 e. The summed E-state index contributed by atoms with van der Waals surface area (Å²) < 4.78 is 0. The van der Waals surface area contributed by atoms with Gasteiger partial charge in [0.2, 0.25) is 5.96 Å². The molecule has 3 rings (SSSR count). The molecular weight excluding hydrogens is 264 g/mol. The van der Waals surface area contributed by atoms with Gasteiger partial charge in [-0.15, -0.1) is 0 Å². The van der Waals surface area contributed by atoms with E-state index in [9.17, 15) is 4.79 Å². The van der Waals surface area contributed by atoms with Gasteiger partial charge in [-0.2, -0.15) is 4.99 Å². The molecule has 5 heteroatoms. The van der Waals surface area contributed by atoms with Gasteiger partial charge in [-0.3, -0.25) is 4.79 Å². The lowest BCUT2D eigenvalue weighted by Crippen LogP contribution is -2.13. The van der Waals surface area contributed by atoms with Crippen molar-refractivity contribution in [1.29, 1.82) is 0 Å². The molecule has 0 aliphatic carbocycles. The monoisotopic (exact) mass is 278 g/mol. The highest BCUT2D eigenvalue weighted by Crippen LogP contribution is 2.15. The molecule has 21 heavy (non-hydrogen) atoms. The first-order valence-corrected chi connectivity index (χ1v) is 6.57. The fourth-order valence-corrected chi connectivity index (χ4v) is 2.05. The Morgan fingerprint density at radius 2 is 1.81 bits per heavy atom. The standard InChI is InChI=1S/C16H14N4O/c17-14-10-18-16(20-14)19-13-8-4-7-12(9-13)15(21)11-5-2-1-3-6-11/h1-9H,10H2,(H3,17,18,19,20). The van der Waals surface area contributed by atoms with Crippen molar-refractivity contribution in [2.24, 2.45) is 15.7 Å². The number of carbonyl (C=O) groups is 1. The van der Waals surface area contributed by atoms with Crippen molar-refractivity contribution in [3.8, 4) is 0 Å². The molecule has 0 amide bonds. The summed E-state index contributed by atoms with van der Waals surface area (Å²) in [6.45, 7) is 0.408. The Bertz CT molecular complexity index is 735. The van der Waals surface area contributed by atoms with Gasteiger partial charge in [0.05, 0.1) is 0 Å². The number of nitrogens with one attached hydrogen (secondary N) is 1. The number of anilines is 1. The fourth-order valence-electron chi connectivity index (χ4n) is 2.05. The van der Waals surface area contributed by atoms with Crippen molar-refractivity contribution in [2.75, 3.05) is 11.9 Å². The number of rotatable bonds is 3. The highest BCUT2D eigenvalue weighted by molar-refractivity contribution is 6.10. The van der Waals surface area contributed by atoms with Gasteiger partial charge in [-0.1, -0.05) is 42.5 Å². The quantitative estimate of drug-likeness (QED) is 0.843. The molecule has 2 aromatic carbocycles. The van der Waals surface area contributed by atoms with E-state index in [2.05, 4.69) is 15.3 Å². The average Bonchev–Trinajstić information content (AvgIpc) is 2.93. The van der Waals surface area contributed by atoms with Gasteiger partial charge in [-0.05, 0) is 12.1 Å². The fraction of sp³-hybridized carbons (Fsp3) is 0.0625. The first kappa shape index (κ1) is 13.1. The first-order chi connectivity index (χ1) is 10.2. The lowest BCUT2D eigenvalue weighted by Gasteiger charge is -2.06. The minimum absolute atomic E-state index is 0.0179. The molecule has 0 aromatic heterocycles. The molecule has 0 saturated carbocycles. The molecule has 0 unspecified atom stereocenters. The summed E-state index contributed by atoms with van der Waals surface area (Å²) in [4.78, 5) is 20.6. The SMILES string of the molecule is NC1=NC(Nc2cccc(C(=O)c3ccccc3)c2)=NC1. The highest BCUT2D eigenvalue weighted by Gasteiger charge is 2.11. The molecule has 104 valence electrons. The Morgan fingerprint density at radius 3 is 2.52 bits per heavy atom. The van der Waals surface area contributed by atoms with E-state index in [0.29, 0.717) is 29.5 Å². The number of aliphatic imine (C=N–C) groups is 2. The second-order valence-corrected chi connectivity index (χ2v) is 4.64. The molecular formula is C16H14N4O. The zero-order valence-corrected chi connectivity index (χ0v) is 11.3. The van der Waals surface area contributed by atoms with Gasteiger partial charge in [-0.25, -0.2) is 4.99 Å². The number of hydrogen-bond acceptors (Lipinski definition) is 5. The van der Waals surface area contributed by atoms with Gasteiger partial charge in [0.25, 0.3) is 0 Å². The Morgan fingerprint density at radius 1 is 1.05 bits per heavy atom. The van der Waals surface area contributed by atoms with Crippen molar-refractivity contribution in [1.82, 2.24) is 0 Å². The van der Waals surface area contributed by atoms with Gasteiger partial charge >= 0.3 is 0 Å². The average molecular weight is 278 g/mol. The number of benzene rings is 2. The van der Waals surface area contributed by atoms with Crippen LogP contribution in [0.1, 0.15) is 15.9 Å². The third kappa shape index (κ3) is 2.97. The van der Waals surface area contributed by atoms with Gasteiger partial charge in [0.15, 0.2) is 5.78 Å². The van der Waals surface area contributed by atoms with Crippen LogP contribution in [-0.4, -0.2) is 24.1 Å². The molecule has 1 aliphatic rings. The Hall–Kier alpha value is -2.95. The summed E-state index contributed by atoms with van der Waals surface area (Å²) >= 11 is 0. The summed E-state index contributed by atoms with van der Waals surface area (Å²) in [5.41, 5.74) is 7.61. The molecule has 0 fully saturated rings. The topological polar surface area (TPSA) is 79.8 Å². The van der Waals surface area contributed by atoms with Crippen molar-refractivity contribution in [3.05, 3.63) is 65.7 Å². The van der Waals surface area contributed by atoms with E-state index >= 15 is 0 Å². The van der Waals surface area contributed by atoms with Gasteiger partial charge in [0, 0.05) is 16.8 Å². The Labute approximate surface area is 122 Å². The zero-order valence-electron chi connectivity index (χ0n) is 11.3. The van der Waals surface area contributed by atoms with Gasteiger partial charge in [0.1, 0.15) is 12.4 Å². The van der Waals surface area contributed by atoms with E-state index in [1.54, 1.807) is 24.3 Å². The van der Waals surface area contributed by atoms with Crippen LogP contribution in [0.2, 0.25) is 0 Å². The predicted molar refractivity (Wildman–Crippen MR) is 83.9 cm³/mol. The minimum Gasteiger partial charge on any atom is -0.385 e. The number of ketones is 1. The van der Waals surface area contributed by atoms with Crippen LogP contribution in [0.3, 0.4) is 0 Å². The molecule has 0 atom stereocenters. The van der Waals surface area contributed by atoms with Crippen LogP contribution in [-0.2, 0) is 0 Å². The van der Waals surface area contributed by atoms with Crippen LogP contribution in [0.25, 0.3) is 0 Å². The van der Waals surface area contributed by atoms with E-state index in [4.69, 9.17) is 5.73 Å². The van der Waals surface area contributed by atoms with Crippen LogP contribution in [0, 0.1) is 0 Å². The number of nitrogens with two attached hydrogens (primary N) is 1. The molecule has 1 heterocycles. The first-order valence-electron chi connectivity index (χ1n) is 6.57. The molecule has 3 N–H and O–H groups in total. The van der Waals surface area contributed by atoms with Crippen molar-refractivity contribution < 1.29 is 4.79 Å². The molecule has 0 bridgehead atoms. The van der Waals surface area contributed by atoms with Crippen LogP contribution in [0.5, 0.6) is 0 Å². The van der Waals surface area contributed by atoms with Crippen molar-refractivity contribution >= 4 is 23.3 Å². The summed E-state index contributed by atoms with van der Waals surface area (Å²) in [7, 11) is 0. The number of carbonyl (C=O) groups excluding carboxylic acids is 1. The zero-order chi connectivity index (χ0) is 14.7. The third-order valence-corrected chi connectivity index (χ3v) is 3.06. The summed E-state index contributed by atoms with van der Waals surface area (Å²) in [5.74, 6) is 0.932.